The third kappa shape index (κ3) is 2.63. The van der Waals surface area contributed by atoms with Gasteiger partial charge in [0.25, 0.3) is 0 Å². The molecule has 110 valence electrons. The quantitative estimate of drug-likeness (QED) is 0.915. The van der Waals surface area contributed by atoms with Crippen molar-refractivity contribution in [2.24, 2.45) is 0 Å². The van der Waals surface area contributed by atoms with E-state index in [1.807, 2.05) is 30.3 Å². The largest absolute Gasteiger partial charge is 0.385 e. The molecule has 0 aromatic heterocycles. The molecule has 1 N–H and O–H groups in total. The molecule has 0 unspecified atom stereocenters. The van der Waals surface area contributed by atoms with Gasteiger partial charge < -0.3 is 10.0 Å². The number of anilines is 1. The Morgan fingerprint density at radius 2 is 1.57 bits per heavy atom. The summed E-state index contributed by atoms with van der Waals surface area (Å²) < 4.78 is 27.3. The topological polar surface area (TPSA) is 23.5 Å². The molecule has 1 aliphatic heterocycles. The monoisotopic (exact) mass is 289 g/mol. The van der Waals surface area contributed by atoms with E-state index in [1.54, 1.807) is 0 Å². The van der Waals surface area contributed by atoms with Crippen LogP contribution in [0.25, 0.3) is 0 Å². The van der Waals surface area contributed by atoms with Gasteiger partial charge in [0.2, 0.25) is 0 Å². The predicted molar refractivity (Wildman–Crippen MR) is 78.1 cm³/mol. The highest BCUT2D eigenvalue weighted by atomic mass is 19.2. The number of halogens is 2. The van der Waals surface area contributed by atoms with Crippen molar-refractivity contribution in [2.45, 2.75) is 18.4 Å². The summed E-state index contributed by atoms with van der Waals surface area (Å²) in [5.41, 5.74) is -0.147. The second-order valence-electron chi connectivity index (χ2n) is 5.46. The number of hydrogen-bond donors (Lipinski definition) is 1. The molecule has 0 saturated carbocycles. The third-order valence-corrected chi connectivity index (χ3v) is 4.16. The molecule has 1 heterocycles. The zero-order valence-corrected chi connectivity index (χ0v) is 11.6. The first-order valence-electron chi connectivity index (χ1n) is 7.07. The molecule has 0 spiro atoms. The minimum absolute atomic E-state index is 0.0650. The molecule has 3 rings (SSSR count). The number of benzene rings is 2. The van der Waals surface area contributed by atoms with Crippen LogP contribution in [0.3, 0.4) is 0 Å². The molecule has 1 fully saturated rings. The summed E-state index contributed by atoms with van der Waals surface area (Å²) in [4.78, 5) is 2.14. The molecule has 1 saturated heterocycles. The first-order valence-corrected chi connectivity index (χ1v) is 7.07. The van der Waals surface area contributed by atoms with Crippen LogP contribution in [-0.2, 0) is 5.60 Å². The van der Waals surface area contributed by atoms with Gasteiger partial charge in [0, 0.05) is 24.3 Å². The van der Waals surface area contributed by atoms with Crippen LogP contribution in [0.4, 0.5) is 14.5 Å². The SMILES string of the molecule is OC1(c2cccc(F)c2F)CCN(c2ccccc2)CC1. The predicted octanol–water partition coefficient (Wildman–Crippen LogP) is 3.45. The summed E-state index contributed by atoms with van der Waals surface area (Å²) in [6.07, 6.45) is 0.754. The third-order valence-electron chi connectivity index (χ3n) is 4.16. The lowest BCUT2D eigenvalue weighted by Gasteiger charge is -2.39. The van der Waals surface area contributed by atoms with Gasteiger partial charge in [-0.25, -0.2) is 8.78 Å². The van der Waals surface area contributed by atoms with Crippen LogP contribution in [0.15, 0.2) is 48.5 Å². The molecular formula is C17H17F2NO. The Bertz CT molecular complexity index is 622. The zero-order valence-electron chi connectivity index (χ0n) is 11.6. The van der Waals surface area contributed by atoms with Crippen LogP contribution in [0.2, 0.25) is 0 Å². The Kier molecular flexibility index (Phi) is 3.64. The Morgan fingerprint density at radius 1 is 0.905 bits per heavy atom. The van der Waals surface area contributed by atoms with Crippen LogP contribution in [-0.4, -0.2) is 18.2 Å². The fourth-order valence-corrected chi connectivity index (χ4v) is 2.91. The van der Waals surface area contributed by atoms with Crippen LogP contribution in [0, 0.1) is 11.6 Å². The van der Waals surface area contributed by atoms with Crippen molar-refractivity contribution < 1.29 is 13.9 Å². The van der Waals surface area contributed by atoms with Crippen molar-refractivity contribution in [2.75, 3.05) is 18.0 Å². The second kappa shape index (κ2) is 5.45. The lowest BCUT2D eigenvalue weighted by molar-refractivity contribution is 0.00790. The van der Waals surface area contributed by atoms with Crippen molar-refractivity contribution in [3.05, 3.63) is 65.7 Å². The van der Waals surface area contributed by atoms with Gasteiger partial charge >= 0.3 is 0 Å². The maximum atomic E-state index is 13.9. The molecule has 0 bridgehead atoms. The number of aliphatic hydroxyl groups is 1. The highest BCUT2D eigenvalue weighted by Crippen LogP contribution is 2.36. The average Bonchev–Trinajstić information content (AvgIpc) is 2.51. The van der Waals surface area contributed by atoms with E-state index in [2.05, 4.69) is 4.90 Å². The van der Waals surface area contributed by atoms with Gasteiger partial charge in [-0.05, 0) is 31.0 Å². The van der Waals surface area contributed by atoms with Crippen LogP contribution < -0.4 is 4.90 Å². The van der Waals surface area contributed by atoms with E-state index < -0.39 is 17.2 Å². The summed E-state index contributed by atoms with van der Waals surface area (Å²) in [6, 6.07) is 13.9. The summed E-state index contributed by atoms with van der Waals surface area (Å²) in [6.45, 7) is 1.22. The van der Waals surface area contributed by atoms with Gasteiger partial charge in [-0.2, -0.15) is 0 Å². The lowest BCUT2D eigenvalue weighted by atomic mass is 9.84. The molecule has 0 amide bonds. The summed E-state index contributed by atoms with van der Waals surface area (Å²) >= 11 is 0. The van der Waals surface area contributed by atoms with E-state index in [1.165, 1.54) is 12.1 Å². The van der Waals surface area contributed by atoms with Gasteiger partial charge in [-0.3, -0.25) is 0 Å². The van der Waals surface area contributed by atoms with Crippen LogP contribution in [0.5, 0.6) is 0 Å². The fraction of sp³-hybridized carbons (Fsp3) is 0.294. The minimum atomic E-state index is -1.29. The summed E-state index contributed by atoms with van der Waals surface area (Å²) in [7, 11) is 0. The molecule has 0 radical (unpaired) electrons. The van der Waals surface area contributed by atoms with Crippen LogP contribution >= 0.6 is 0 Å². The first-order chi connectivity index (χ1) is 10.1. The highest BCUT2D eigenvalue weighted by molar-refractivity contribution is 5.46. The van der Waals surface area contributed by atoms with E-state index in [0.29, 0.717) is 25.9 Å². The van der Waals surface area contributed by atoms with Gasteiger partial charge in [0.1, 0.15) is 0 Å². The molecule has 2 aromatic rings. The lowest BCUT2D eigenvalue weighted by Crippen LogP contribution is -2.43. The van der Waals surface area contributed by atoms with Gasteiger partial charge in [0.05, 0.1) is 5.60 Å². The zero-order chi connectivity index (χ0) is 14.9. The van der Waals surface area contributed by atoms with Crippen molar-refractivity contribution in [1.82, 2.24) is 0 Å². The number of para-hydroxylation sites is 1. The van der Waals surface area contributed by atoms with E-state index in [-0.39, 0.29) is 5.56 Å². The number of nitrogens with zero attached hydrogens (tertiary/aromatic N) is 1. The van der Waals surface area contributed by atoms with Crippen molar-refractivity contribution >= 4 is 5.69 Å². The second-order valence-corrected chi connectivity index (χ2v) is 5.46. The molecule has 0 atom stereocenters. The Labute approximate surface area is 122 Å². The number of rotatable bonds is 2. The van der Waals surface area contributed by atoms with Gasteiger partial charge in [0.15, 0.2) is 11.6 Å². The van der Waals surface area contributed by atoms with Crippen LogP contribution in [0.1, 0.15) is 18.4 Å². The van der Waals surface area contributed by atoms with Crippen molar-refractivity contribution in [1.29, 1.82) is 0 Å². The van der Waals surface area contributed by atoms with Gasteiger partial charge in [-0.15, -0.1) is 0 Å². The Morgan fingerprint density at radius 3 is 2.24 bits per heavy atom. The molecule has 21 heavy (non-hydrogen) atoms. The molecule has 1 aliphatic rings. The molecule has 2 aromatic carbocycles. The minimum Gasteiger partial charge on any atom is -0.385 e. The van der Waals surface area contributed by atoms with E-state index >= 15 is 0 Å². The van der Waals surface area contributed by atoms with E-state index in [4.69, 9.17) is 0 Å². The summed E-state index contributed by atoms with van der Waals surface area (Å²) in [5, 5.41) is 10.7. The maximum absolute atomic E-state index is 13.9. The van der Waals surface area contributed by atoms with Crippen molar-refractivity contribution in [3.63, 3.8) is 0 Å². The smallest absolute Gasteiger partial charge is 0.164 e. The fourth-order valence-electron chi connectivity index (χ4n) is 2.91. The normalized spacial score (nSPS) is 17.8. The highest BCUT2D eigenvalue weighted by Gasteiger charge is 2.36. The standard InChI is InChI=1S/C17H17F2NO/c18-15-8-4-7-14(16(15)19)17(21)9-11-20(12-10-17)13-5-2-1-3-6-13/h1-8,21H,9-12H2. The van der Waals surface area contributed by atoms with Gasteiger partial charge in [-0.1, -0.05) is 30.3 Å². The average molecular weight is 289 g/mol. The number of piperidine rings is 1. The van der Waals surface area contributed by atoms with E-state index in [9.17, 15) is 13.9 Å². The van der Waals surface area contributed by atoms with E-state index in [0.717, 1.165) is 11.8 Å². The van der Waals surface area contributed by atoms with Crippen molar-refractivity contribution in [3.8, 4) is 0 Å². The molecule has 2 nitrogen and oxygen atoms in total. The molecule has 0 aliphatic carbocycles. The number of hydrogen-bond acceptors (Lipinski definition) is 2. The first kappa shape index (κ1) is 14.0. The Balaban J connectivity index is 1.79. The molecular weight excluding hydrogens is 272 g/mol. The Hall–Kier alpha value is -1.94. The molecule has 4 heteroatoms. The maximum Gasteiger partial charge on any atom is 0.164 e. The summed E-state index contributed by atoms with van der Waals surface area (Å²) in [5.74, 6) is -1.85.